The Hall–Kier alpha value is -1.02. The van der Waals surface area contributed by atoms with Crippen LogP contribution in [-0.2, 0) is 6.42 Å². The van der Waals surface area contributed by atoms with Crippen molar-refractivity contribution in [3.05, 3.63) is 29.8 Å². The minimum atomic E-state index is 0.234. The van der Waals surface area contributed by atoms with Gasteiger partial charge in [0.2, 0.25) is 0 Å². The number of benzene rings is 1. The Labute approximate surface area is 111 Å². The monoisotopic (exact) mass is 247 g/mol. The van der Waals surface area contributed by atoms with Gasteiger partial charge in [-0.1, -0.05) is 31.9 Å². The van der Waals surface area contributed by atoms with Gasteiger partial charge >= 0.3 is 0 Å². The number of nitrogens with one attached hydrogen (secondary N) is 1. The van der Waals surface area contributed by atoms with Gasteiger partial charge in [-0.25, -0.2) is 0 Å². The molecule has 100 valence electrons. The Bertz CT molecular complexity index is 358. The molecule has 2 nitrogen and oxygen atoms in total. The van der Waals surface area contributed by atoms with E-state index in [2.05, 4.69) is 37.4 Å². The molecule has 0 saturated heterocycles. The van der Waals surface area contributed by atoms with Crippen LogP contribution in [0.3, 0.4) is 0 Å². The first kappa shape index (κ1) is 13.4. The standard InChI is InChI=1S/C16H25NO/c1-3-14-7-6-10-16(11-14)18-13(2)12-17-15-8-4-5-9-15/h6-7,10-11,13,15,17H,3-5,8-9,12H2,1-2H3. The second-order valence-corrected chi connectivity index (χ2v) is 5.32. The Morgan fingerprint density at radius 3 is 2.83 bits per heavy atom. The minimum absolute atomic E-state index is 0.234. The van der Waals surface area contributed by atoms with E-state index >= 15 is 0 Å². The molecule has 0 heterocycles. The van der Waals surface area contributed by atoms with Crippen LogP contribution in [0.25, 0.3) is 0 Å². The molecule has 0 aromatic heterocycles. The van der Waals surface area contributed by atoms with Gasteiger partial charge in [0.25, 0.3) is 0 Å². The summed E-state index contributed by atoms with van der Waals surface area (Å²) >= 11 is 0. The van der Waals surface area contributed by atoms with Gasteiger partial charge in [0, 0.05) is 12.6 Å². The van der Waals surface area contributed by atoms with Crippen molar-refractivity contribution in [1.82, 2.24) is 5.32 Å². The summed E-state index contributed by atoms with van der Waals surface area (Å²) < 4.78 is 5.95. The van der Waals surface area contributed by atoms with Gasteiger partial charge in [-0.2, -0.15) is 0 Å². The van der Waals surface area contributed by atoms with Gasteiger partial charge < -0.3 is 10.1 Å². The molecule has 0 bridgehead atoms. The van der Waals surface area contributed by atoms with Crippen LogP contribution < -0.4 is 10.1 Å². The molecular weight excluding hydrogens is 222 g/mol. The molecule has 2 rings (SSSR count). The van der Waals surface area contributed by atoms with Crippen LogP contribution in [0.5, 0.6) is 5.75 Å². The van der Waals surface area contributed by atoms with Crippen molar-refractivity contribution in [2.45, 2.75) is 58.1 Å². The Kier molecular flexibility index (Phi) is 5.06. The predicted octanol–water partition coefficient (Wildman–Crippen LogP) is 3.55. The van der Waals surface area contributed by atoms with Crippen molar-refractivity contribution in [3.8, 4) is 5.75 Å². The third kappa shape index (κ3) is 4.02. The summed E-state index contributed by atoms with van der Waals surface area (Å²) in [5, 5.41) is 3.61. The summed E-state index contributed by atoms with van der Waals surface area (Å²) in [4.78, 5) is 0. The fraction of sp³-hybridized carbons (Fsp3) is 0.625. The maximum Gasteiger partial charge on any atom is 0.120 e. The lowest BCUT2D eigenvalue weighted by Crippen LogP contribution is -2.35. The van der Waals surface area contributed by atoms with E-state index in [1.165, 1.54) is 31.2 Å². The molecule has 1 atom stereocenters. The van der Waals surface area contributed by atoms with Crippen molar-refractivity contribution >= 4 is 0 Å². The van der Waals surface area contributed by atoms with Gasteiger partial charge in [0.1, 0.15) is 11.9 Å². The first-order valence-electron chi connectivity index (χ1n) is 7.27. The summed E-state index contributed by atoms with van der Waals surface area (Å²) in [5.74, 6) is 0.995. The molecule has 0 radical (unpaired) electrons. The summed E-state index contributed by atoms with van der Waals surface area (Å²) in [6.45, 7) is 5.26. The maximum absolute atomic E-state index is 5.95. The summed E-state index contributed by atoms with van der Waals surface area (Å²) in [6.07, 6.45) is 6.72. The van der Waals surface area contributed by atoms with E-state index in [0.717, 1.165) is 24.8 Å². The van der Waals surface area contributed by atoms with Gasteiger partial charge in [0.05, 0.1) is 0 Å². The Morgan fingerprint density at radius 2 is 2.11 bits per heavy atom. The zero-order chi connectivity index (χ0) is 12.8. The normalized spacial score (nSPS) is 17.9. The highest BCUT2D eigenvalue weighted by Crippen LogP contribution is 2.18. The fourth-order valence-corrected chi connectivity index (χ4v) is 2.58. The molecule has 0 aliphatic heterocycles. The van der Waals surface area contributed by atoms with Gasteiger partial charge in [0.15, 0.2) is 0 Å². The molecular formula is C16H25NO. The zero-order valence-corrected chi connectivity index (χ0v) is 11.6. The molecule has 0 amide bonds. The Morgan fingerprint density at radius 1 is 1.33 bits per heavy atom. The van der Waals surface area contributed by atoms with E-state index in [4.69, 9.17) is 4.74 Å². The van der Waals surface area contributed by atoms with Crippen LogP contribution in [-0.4, -0.2) is 18.7 Å². The van der Waals surface area contributed by atoms with E-state index in [-0.39, 0.29) is 6.10 Å². The number of aryl methyl sites for hydroxylation is 1. The smallest absolute Gasteiger partial charge is 0.120 e. The van der Waals surface area contributed by atoms with Crippen LogP contribution in [0.4, 0.5) is 0 Å². The fourth-order valence-electron chi connectivity index (χ4n) is 2.58. The molecule has 1 aromatic carbocycles. The van der Waals surface area contributed by atoms with Gasteiger partial charge in [-0.05, 0) is 43.9 Å². The molecule has 1 aliphatic carbocycles. The summed E-state index contributed by atoms with van der Waals surface area (Å²) in [5.41, 5.74) is 1.34. The minimum Gasteiger partial charge on any atom is -0.489 e. The molecule has 1 aromatic rings. The maximum atomic E-state index is 5.95. The topological polar surface area (TPSA) is 21.3 Å². The second kappa shape index (κ2) is 6.79. The van der Waals surface area contributed by atoms with E-state index < -0.39 is 0 Å². The number of hydrogen-bond acceptors (Lipinski definition) is 2. The number of hydrogen-bond donors (Lipinski definition) is 1. The highest BCUT2D eigenvalue weighted by molar-refractivity contribution is 5.28. The van der Waals surface area contributed by atoms with E-state index in [9.17, 15) is 0 Å². The molecule has 2 heteroatoms. The van der Waals surface area contributed by atoms with Crippen LogP contribution in [0.1, 0.15) is 45.1 Å². The highest BCUT2D eigenvalue weighted by atomic mass is 16.5. The van der Waals surface area contributed by atoms with Crippen molar-refractivity contribution < 1.29 is 4.74 Å². The number of ether oxygens (including phenoxy) is 1. The SMILES string of the molecule is CCc1cccc(OC(C)CNC2CCCC2)c1. The summed E-state index contributed by atoms with van der Waals surface area (Å²) in [7, 11) is 0. The first-order valence-corrected chi connectivity index (χ1v) is 7.27. The Balaban J connectivity index is 1.76. The molecule has 18 heavy (non-hydrogen) atoms. The lowest BCUT2D eigenvalue weighted by Gasteiger charge is -2.18. The van der Waals surface area contributed by atoms with Crippen molar-refractivity contribution in [2.24, 2.45) is 0 Å². The van der Waals surface area contributed by atoms with Crippen LogP contribution in [0, 0.1) is 0 Å². The van der Waals surface area contributed by atoms with Crippen LogP contribution in [0.15, 0.2) is 24.3 Å². The molecule has 1 N–H and O–H groups in total. The van der Waals surface area contributed by atoms with E-state index in [0.29, 0.717) is 0 Å². The quantitative estimate of drug-likeness (QED) is 0.830. The van der Waals surface area contributed by atoms with Gasteiger partial charge in [-0.15, -0.1) is 0 Å². The second-order valence-electron chi connectivity index (χ2n) is 5.32. The molecule has 1 saturated carbocycles. The van der Waals surface area contributed by atoms with Crippen molar-refractivity contribution in [3.63, 3.8) is 0 Å². The van der Waals surface area contributed by atoms with E-state index in [1.54, 1.807) is 0 Å². The zero-order valence-electron chi connectivity index (χ0n) is 11.6. The van der Waals surface area contributed by atoms with Crippen molar-refractivity contribution in [2.75, 3.05) is 6.54 Å². The van der Waals surface area contributed by atoms with Gasteiger partial charge in [-0.3, -0.25) is 0 Å². The lowest BCUT2D eigenvalue weighted by molar-refractivity contribution is 0.211. The third-order valence-corrected chi connectivity index (χ3v) is 3.69. The molecule has 1 aliphatic rings. The molecule has 1 unspecified atom stereocenters. The van der Waals surface area contributed by atoms with Crippen molar-refractivity contribution in [1.29, 1.82) is 0 Å². The molecule has 0 spiro atoms. The predicted molar refractivity (Wildman–Crippen MR) is 76.2 cm³/mol. The molecule has 1 fully saturated rings. The lowest BCUT2D eigenvalue weighted by atomic mass is 10.2. The first-order chi connectivity index (χ1) is 8.78. The van der Waals surface area contributed by atoms with Crippen LogP contribution >= 0.6 is 0 Å². The number of rotatable bonds is 6. The van der Waals surface area contributed by atoms with Crippen LogP contribution in [0.2, 0.25) is 0 Å². The largest absolute Gasteiger partial charge is 0.489 e. The highest BCUT2D eigenvalue weighted by Gasteiger charge is 2.15. The average molecular weight is 247 g/mol. The van der Waals surface area contributed by atoms with E-state index in [1.807, 2.05) is 6.07 Å². The third-order valence-electron chi connectivity index (χ3n) is 3.69. The average Bonchev–Trinajstić information content (AvgIpc) is 2.90. The summed E-state index contributed by atoms with van der Waals surface area (Å²) in [6, 6.07) is 9.13.